The summed E-state index contributed by atoms with van der Waals surface area (Å²) in [6.45, 7) is 0. The fraction of sp³-hybridized carbons (Fsp3) is 0. The molecule has 3 aromatic carbocycles. The van der Waals surface area contributed by atoms with Gasteiger partial charge in [0.15, 0.2) is 0 Å². The molecule has 0 saturated carbocycles. The van der Waals surface area contributed by atoms with Gasteiger partial charge in [-0.2, -0.15) is 0 Å². The van der Waals surface area contributed by atoms with E-state index in [9.17, 15) is 0 Å². The van der Waals surface area contributed by atoms with Crippen LogP contribution in [0.1, 0.15) is 0 Å². The van der Waals surface area contributed by atoms with Gasteiger partial charge in [0.1, 0.15) is 0 Å². The number of nitrogens with zero attached hydrogens (tertiary/aromatic N) is 3. The quantitative estimate of drug-likeness (QED) is 0.225. The molecular formula is C27H18N3SbSe3. The Morgan fingerprint density at radius 2 is 0.647 bits per heavy atom. The van der Waals surface area contributed by atoms with Gasteiger partial charge >= 0.3 is 219 Å². The normalized spacial score (nSPS) is 9.88. The maximum absolute atomic E-state index is 4.25. The molecule has 164 valence electrons. The van der Waals surface area contributed by atoms with E-state index < -0.39 is 0 Å². The van der Waals surface area contributed by atoms with Crippen LogP contribution in [0.5, 0.6) is 0 Å². The van der Waals surface area contributed by atoms with E-state index in [1.54, 1.807) is 0 Å². The third-order valence-electron chi connectivity index (χ3n) is 4.79. The summed E-state index contributed by atoms with van der Waals surface area (Å²) in [6, 6.07) is 30.3. The van der Waals surface area contributed by atoms with Crippen molar-refractivity contribution in [3.05, 3.63) is 110 Å². The Labute approximate surface area is 241 Å². The molecule has 6 aromatic rings. The van der Waals surface area contributed by atoms with Gasteiger partial charge in [0.25, 0.3) is 0 Å². The molecule has 3 aromatic heterocycles. The molecular weight excluding hydrogens is 725 g/mol. The van der Waals surface area contributed by atoms with Gasteiger partial charge in [-0.3, -0.25) is 0 Å². The van der Waals surface area contributed by atoms with Crippen LogP contribution in [0, 0.1) is 0 Å². The fourth-order valence-electron chi connectivity index (χ4n) is 3.23. The summed E-state index contributed by atoms with van der Waals surface area (Å²) < 4.78 is 3.34. The van der Waals surface area contributed by atoms with Gasteiger partial charge in [-0.25, -0.2) is 0 Å². The van der Waals surface area contributed by atoms with Crippen LogP contribution in [0.3, 0.4) is 0 Å². The van der Waals surface area contributed by atoms with Crippen LogP contribution >= 0.6 is 0 Å². The van der Waals surface area contributed by atoms with Crippen molar-refractivity contribution in [2.24, 2.45) is 0 Å². The van der Waals surface area contributed by atoms with E-state index in [4.69, 9.17) is 0 Å². The van der Waals surface area contributed by atoms with Crippen molar-refractivity contribution < 1.29 is 0 Å². The summed E-state index contributed by atoms with van der Waals surface area (Å²) in [5.74, 6) is 0. The van der Waals surface area contributed by atoms with Crippen LogP contribution in [0.2, 0.25) is 0 Å². The van der Waals surface area contributed by atoms with Crippen LogP contribution in [0.4, 0.5) is 0 Å². The van der Waals surface area contributed by atoms with Gasteiger partial charge in [0.2, 0.25) is 0 Å². The van der Waals surface area contributed by atoms with Crippen LogP contribution in [0.15, 0.2) is 110 Å². The molecule has 3 heterocycles. The van der Waals surface area contributed by atoms with E-state index in [2.05, 4.69) is 99.4 Å². The third-order valence-corrected chi connectivity index (χ3v) is 6.86. The Morgan fingerprint density at radius 1 is 0.382 bits per heavy atom. The van der Waals surface area contributed by atoms with Crippen molar-refractivity contribution in [3.8, 4) is 0 Å². The van der Waals surface area contributed by atoms with Crippen LogP contribution < -0.4 is 13.4 Å². The minimum absolute atomic E-state index is 0. The second-order valence-corrected chi connectivity index (χ2v) is 9.76. The van der Waals surface area contributed by atoms with Crippen molar-refractivity contribution in [2.75, 3.05) is 0 Å². The topological polar surface area (TPSA) is 38.7 Å². The van der Waals surface area contributed by atoms with Crippen molar-refractivity contribution >= 4 is 119 Å². The van der Waals surface area contributed by atoms with E-state index in [-0.39, 0.29) is 24.4 Å². The monoisotopic (exact) mass is 745 g/mol. The second-order valence-electron chi connectivity index (χ2n) is 6.99. The van der Waals surface area contributed by atoms with Crippen molar-refractivity contribution in [2.45, 2.75) is 0 Å². The summed E-state index contributed by atoms with van der Waals surface area (Å²) in [7, 11) is 0. The van der Waals surface area contributed by atoms with Crippen molar-refractivity contribution in [1.82, 2.24) is 15.0 Å². The first-order chi connectivity index (χ1) is 16.1. The molecule has 0 aliphatic carbocycles. The molecule has 0 atom stereocenters. The zero-order chi connectivity index (χ0) is 23.0. The number of rotatable bonds is 0. The molecule has 0 bridgehead atoms. The number of para-hydroxylation sites is 3. The first-order valence-corrected chi connectivity index (χ1v) is 12.7. The average molecular weight is 743 g/mol. The van der Waals surface area contributed by atoms with Crippen molar-refractivity contribution in [3.63, 3.8) is 0 Å². The van der Waals surface area contributed by atoms with Gasteiger partial charge in [-0.05, 0) is 0 Å². The number of hydrogen-bond donors (Lipinski definition) is 0. The molecule has 3 nitrogen and oxygen atoms in total. The molecule has 0 fully saturated rings. The van der Waals surface area contributed by atoms with E-state index in [0.717, 1.165) is 29.9 Å². The predicted octanol–water partition coefficient (Wildman–Crippen LogP) is 2.71. The Morgan fingerprint density at radius 3 is 0.912 bits per heavy atom. The van der Waals surface area contributed by atoms with Crippen LogP contribution in [-0.2, 0) is 0 Å². The maximum atomic E-state index is 4.25. The zero-order valence-corrected chi connectivity index (χ0v) is 25.6. The van der Waals surface area contributed by atoms with Crippen molar-refractivity contribution in [1.29, 1.82) is 0 Å². The zero-order valence-electron chi connectivity index (χ0n) is 17.9. The molecule has 0 N–H and O–H groups in total. The molecule has 0 amide bonds. The number of pyridine rings is 3. The summed E-state index contributed by atoms with van der Waals surface area (Å²) in [6.07, 6.45) is 5.43. The number of aromatic nitrogens is 3. The molecule has 0 saturated heterocycles. The summed E-state index contributed by atoms with van der Waals surface area (Å²) in [5, 5.41) is 3.55. The Kier molecular flexibility index (Phi) is 10.6. The fourth-order valence-corrected chi connectivity index (χ4v) is 4.80. The van der Waals surface area contributed by atoms with E-state index >= 15 is 0 Å². The number of hydrogen-bond acceptors (Lipinski definition) is 3. The number of benzene rings is 3. The summed E-state index contributed by atoms with van der Waals surface area (Å²) >= 11 is 8.95. The molecule has 0 spiro atoms. The summed E-state index contributed by atoms with van der Waals surface area (Å²) in [4.78, 5) is 12.7. The Hall–Kier alpha value is -1.73. The van der Waals surface area contributed by atoms with Crippen LogP contribution in [-0.4, -0.2) is 87.4 Å². The SMILES string of the molecule is [Sb].[Se]c1cccc2cccnc12.[Se]c1cccc2cccnc12.[Se]c1cccc2cccnc12. The Balaban J connectivity index is 0.000000141. The van der Waals surface area contributed by atoms with Gasteiger partial charge in [0.05, 0.1) is 0 Å². The average Bonchev–Trinajstić information content (AvgIpc) is 2.86. The molecule has 0 unspecified atom stereocenters. The molecule has 0 aliphatic rings. The minimum atomic E-state index is 0. The molecule has 7 heteroatoms. The third kappa shape index (κ3) is 6.91. The summed E-state index contributed by atoms with van der Waals surface area (Å²) in [5.41, 5.74) is 3.15. The van der Waals surface area contributed by atoms with Gasteiger partial charge in [0, 0.05) is 24.4 Å². The molecule has 34 heavy (non-hydrogen) atoms. The van der Waals surface area contributed by atoms with E-state index in [1.165, 1.54) is 16.2 Å². The second kappa shape index (κ2) is 13.4. The van der Waals surface area contributed by atoms with Gasteiger partial charge in [-0.15, -0.1) is 0 Å². The molecule has 6 rings (SSSR count). The van der Waals surface area contributed by atoms with Gasteiger partial charge in [-0.1, -0.05) is 0 Å². The first kappa shape index (κ1) is 26.9. The van der Waals surface area contributed by atoms with Crippen LogP contribution in [0.25, 0.3) is 32.7 Å². The Bertz CT molecular complexity index is 1330. The first-order valence-electron chi connectivity index (χ1n) is 10.2. The van der Waals surface area contributed by atoms with E-state index in [0.29, 0.717) is 0 Å². The predicted molar refractivity (Wildman–Crippen MR) is 147 cm³/mol. The standard InChI is InChI=1S/3C9H6NSe.Sb/c3*11-8-5-1-3-7-4-2-6-10-9(7)8;/h3*1-6H;. The van der Waals surface area contributed by atoms with Gasteiger partial charge < -0.3 is 0 Å². The number of fused-ring (bicyclic) bond motifs is 3. The molecule has 6 radical (unpaired) electrons. The van der Waals surface area contributed by atoms with E-state index in [1.807, 2.05) is 73.2 Å². The molecule has 0 aliphatic heterocycles.